The Bertz CT molecular complexity index is 1260. The van der Waals surface area contributed by atoms with Crippen molar-refractivity contribution in [1.29, 1.82) is 0 Å². The summed E-state index contributed by atoms with van der Waals surface area (Å²) in [5.74, 6) is -1.92. The molecule has 3 aliphatic heterocycles. The first-order chi connectivity index (χ1) is 16.1. The van der Waals surface area contributed by atoms with Crippen LogP contribution in [0.2, 0.25) is 0 Å². The van der Waals surface area contributed by atoms with Gasteiger partial charge in [0.1, 0.15) is 6.04 Å². The van der Waals surface area contributed by atoms with E-state index >= 15 is 0 Å². The number of imide groups is 1. The maximum Gasteiger partial charge on any atom is 0.240 e. The molecule has 2 aromatic rings. The second kappa shape index (κ2) is 7.41. The maximum atomic E-state index is 13.8. The summed E-state index contributed by atoms with van der Waals surface area (Å²) in [7, 11) is 0. The molecule has 2 amide bonds. The van der Waals surface area contributed by atoms with E-state index in [1.165, 1.54) is 4.90 Å². The van der Waals surface area contributed by atoms with Crippen molar-refractivity contribution in [2.24, 2.45) is 11.8 Å². The van der Waals surface area contributed by atoms with Crippen LogP contribution in [0.3, 0.4) is 0 Å². The number of benzene rings is 2. The second-order valence-electron chi connectivity index (χ2n) is 9.18. The van der Waals surface area contributed by atoms with Gasteiger partial charge in [-0.3, -0.25) is 14.4 Å². The van der Waals surface area contributed by atoms with Crippen LogP contribution in [0.5, 0.6) is 0 Å². The number of para-hydroxylation sites is 1. The van der Waals surface area contributed by atoms with Crippen molar-refractivity contribution in [2.45, 2.75) is 31.8 Å². The van der Waals surface area contributed by atoms with Crippen LogP contribution in [0.1, 0.15) is 28.8 Å². The van der Waals surface area contributed by atoms with Gasteiger partial charge in [0.05, 0.1) is 23.6 Å². The fourth-order valence-electron chi connectivity index (χ4n) is 5.81. The highest BCUT2D eigenvalue weighted by Crippen LogP contribution is 2.50. The van der Waals surface area contributed by atoms with Gasteiger partial charge in [-0.2, -0.15) is 0 Å². The molecule has 0 radical (unpaired) electrons. The number of ketones is 1. The average Bonchev–Trinajstić information content (AvgIpc) is 3.32. The van der Waals surface area contributed by atoms with Gasteiger partial charge < -0.3 is 4.90 Å². The molecule has 5 nitrogen and oxygen atoms in total. The molecule has 6 rings (SSSR count). The molecule has 2 fully saturated rings. The van der Waals surface area contributed by atoms with Crippen LogP contribution in [0.25, 0.3) is 0 Å². The fourth-order valence-corrected chi connectivity index (χ4v) is 5.81. The number of hydrogen-bond donors (Lipinski definition) is 0. The van der Waals surface area contributed by atoms with E-state index in [0.29, 0.717) is 11.3 Å². The lowest BCUT2D eigenvalue weighted by atomic mass is 9.81. The van der Waals surface area contributed by atoms with E-state index in [1.807, 2.05) is 66.6 Å². The van der Waals surface area contributed by atoms with Gasteiger partial charge in [0, 0.05) is 11.8 Å². The van der Waals surface area contributed by atoms with Gasteiger partial charge in [0.15, 0.2) is 5.78 Å². The van der Waals surface area contributed by atoms with Crippen molar-refractivity contribution in [1.82, 2.24) is 4.90 Å². The highest BCUT2D eigenvalue weighted by atomic mass is 16.2. The maximum absolute atomic E-state index is 13.8. The zero-order valence-corrected chi connectivity index (χ0v) is 18.3. The number of rotatable bonds is 3. The highest BCUT2D eigenvalue weighted by Gasteiger charge is 2.64. The first kappa shape index (κ1) is 19.9. The molecule has 2 aromatic carbocycles. The van der Waals surface area contributed by atoms with Crippen LogP contribution < -0.4 is 4.90 Å². The predicted molar refractivity (Wildman–Crippen MR) is 125 cm³/mol. The van der Waals surface area contributed by atoms with Gasteiger partial charge in [-0.15, -0.1) is 0 Å². The molecule has 0 bridgehead atoms. The minimum absolute atomic E-state index is 0.114. The van der Waals surface area contributed by atoms with Crippen molar-refractivity contribution < 1.29 is 14.4 Å². The van der Waals surface area contributed by atoms with E-state index in [2.05, 4.69) is 12.2 Å². The van der Waals surface area contributed by atoms with Crippen LogP contribution in [-0.2, 0) is 9.59 Å². The summed E-state index contributed by atoms with van der Waals surface area (Å²) in [6.07, 6.45) is 10.1. The molecule has 4 aliphatic rings. The van der Waals surface area contributed by atoms with Gasteiger partial charge in [-0.05, 0) is 49.1 Å². The minimum atomic E-state index is -0.719. The Morgan fingerprint density at radius 1 is 0.879 bits per heavy atom. The highest BCUT2D eigenvalue weighted by molar-refractivity contribution is 6.24. The third-order valence-electron chi connectivity index (χ3n) is 7.31. The van der Waals surface area contributed by atoms with Crippen LogP contribution in [0.4, 0.5) is 5.69 Å². The summed E-state index contributed by atoms with van der Waals surface area (Å²) >= 11 is 0. The molecule has 0 spiro atoms. The molecular formula is C28H24N2O3. The van der Waals surface area contributed by atoms with E-state index < -0.39 is 17.9 Å². The van der Waals surface area contributed by atoms with Crippen LogP contribution in [0.15, 0.2) is 90.2 Å². The number of fused-ring (bicyclic) bond motifs is 5. The lowest BCUT2D eigenvalue weighted by molar-refractivity contribution is -0.123. The van der Waals surface area contributed by atoms with Crippen LogP contribution in [0, 0.1) is 18.8 Å². The molecule has 0 N–H and O–H groups in total. The Hall–Kier alpha value is -3.73. The first-order valence-electron chi connectivity index (χ1n) is 11.5. The fraction of sp³-hybridized carbons (Fsp3) is 0.250. The number of hydrogen-bond acceptors (Lipinski definition) is 4. The van der Waals surface area contributed by atoms with Gasteiger partial charge >= 0.3 is 0 Å². The van der Waals surface area contributed by atoms with Crippen molar-refractivity contribution in [3.63, 3.8) is 0 Å². The van der Waals surface area contributed by atoms with E-state index in [1.54, 1.807) is 12.1 Å². The molecular weight excluding hydrogens is 412 g/mol. The van der Waals surface area contributed by atoms with Gasteiger partial charge in [-0.25, -0.2) is 4.90 Å². The minimum Gasteiger partial charge on any atom is -0.358 e. The van der Waals surface area contributed by atoms with Crippen LogP contribution in [-0.4, -0.2) is 34.6 Å². The summed E-state index contributed by atoms with van der Waals surface area (Å²) in [5, 5.41) is 0. The summed E-state index contributed by atoms with van der Waals surface area (Å²) in [6, 6.07) is 15.5. The third-order valence-corrected chi connectivity index (χ3v) is 7.31. The lowest BCUT2D eigenvalue weighted by Gasteiger charge is -2.37. The Kier molecular flexibility index (Phi) is 4.47. The van der Waals surface area contributed by atoms with E-state index in [0.717, 1.165) is 29.6 Å². The van der Waals surface area contributed by atoms with Crippen molar-refractivity contribution in [3.8, 4) is 0 Å². The van der Waals surface area contributed by atoms with E-state index in [9.17, 15) is 14.4 Å². The largest absolute Gasteiger partial charge is 0.358 e. The molecule has 4 atom stereocenters. The number of nitrogens with zero attached hydrogens (tertiary/aromatic N) is 2. The number of allylic oxidation sites excluding steroid dienone is 3. The Morgan fingerprint density at radius 2 is 1.58 bits per heavy atom. The first-order valence-corrected chi connectivity index (χ1v) is 11.5. The summed E-state index contributed by atoms with van der Waals surface area (Å²) in [4.78, 5) is 44.6. The number of carbonyl (C=O) groups is 3. The Morgan fingerprint density at radius 3 is 2.33 bits per heavy atom. The SMILES string of the molecule is Cc1ccc(C(=O)C2[C@@H]3C(=O)N(c4ccccc4)C(=O)[C@@H]3C3C4=CCCC=C4C=CN32)cc1. The number of amides is 2. The van der Waals surface area contributed by atoms with Crippen molar-refractivity contribution >= 4 is 23.3 Å². The number of Topliss-reactive ketones (excluding diaryl/α,β-unsaturated/α-hetero) is 1. The molecule has 1 aliphatic carbocycles. The lowest BCUT2D eigenvalue weighted by Crippen LogP contribution is -2.47. The average molecular weight is 437 g/mol. The van der Waals surface area contributed by atoms with E-state index in [4.69, 9.17) is 0 Å². The molecule has 3 heterocycles. The normalized spacial score (nSPS) is 27.7. The number of anilines is 1. The summed E-state index contributed by atoms with van der Waals surface area (Å²) in [6.45, 7) is 1.98. The molecule has 0 aromatic heterocycles. The van der Waals surface area contributed by atoms with Crippen LogP contribution >= 0.6 is 0 Å². The van der Waals surface area contributed by atoms with Gasteiger partial charge in [-0.1, -0.05) is 60.2 Å². The molecule has 2 saturated heterocycles. The van der Waals surface area contributed by atoms with Crippen molar-refractivity contribution in [3.05, 3.63) is 101 Å². The predicted octanol–water partition coefficient (Wildman–Crippen LogP) is 4.21. The van der Waals surface area contributed by atoms with E-state index in [-0.39, 0.29) is 23.6 Å². The number of aryl methyl sites for hydroxylation is 1. The van der Waals surface area contributed by atoms with Crippen molar-refractivity contribution in [2.75, 3.05) is 4.90 Å². The summed E-state index contributed by atoms with van der Waals surface area (Å²) in [5.41, 5.74) is 4.36. The Labute approximate surface area is 192 Å². The number of carbonyl (C=O) groups excluding carboxylic acids is 3. The molecule has 33 heavy (non-hydrogen) atoms. The molecule has 0 saturated carbocycles. The Balaban J connectivity index is 1.49. The molecule has 2 unspecified atom stereocenters. The molecule has 164 valence electrons. The second-order valence-corrected chi connectivity index (χ2v) is 9.18. The topological polar surface area (TPSA) is 57.7 Å². The van der Waals surface area contributed by atoms with Gasteiger partial charge in [0.2, 0.25) is 11.8 Å². The zero-order valence-electron chi connectivity index (χ0n) is 18.3. The molecule has 5 heteroatoms. The summed E-state index contributed by atoms with van der Waals surface area (Å²) < 4.78 is 0. The van der Waals surface area contributed by atoms with Gasteiger partial charge in [0.25, 0.3) is 0 Å². The monoisotopic (exact) mass is 436 g/mol. The zero-order chi connectivity index (χ0) is 22.7. The smallest absolute Gasteiger partial charge is 0.240 e. The quantitative estimate of drug-likeness (QED) is 0.534. The standard InChI is InChI=1S/C28H24N2O3/c1-17-11-13-19(14-12-17)26(31)25-23-22(24-21-10-6-5-7-18(21)15-16-29(24)25)27(32)30(28(23)33)20-8-3-2-4-9-20/h2-4,7-16,22-25H,5-6H2,1H3/t22-,23+,24?,25?/m0/s1. The third kappa shape index (κ3) is 2.88.